The van der Waals surface area contributed by atoms with Crippen molar-refractivity contribution < 1.29 is 4.39 Å². The minimum Gasteiger partial charge on any atom is -0.396 e. The molecule has 1 heterocycles. The van der Waals surface area contributed by atoms with Crippen LogP contribution >= 0.6 is 11.8 Å². The van der Waals surface area contributed by atoms with E-state index in [4.69, 9.17) is 5.73 Å². The maximum Gasteiger partial charge on any atom is 0.147 e. The second kappa shape index (κ2) is 5.68. The number of nitrogens with zero attached hydrogens (tertiary/aromatic N) is 1. The molecular weight excluding hydrogens is 235 g/mol. The van der Waals surface area contributed by atoms with Gasteiger partial charge in [0.05, 0.1) is 5.69 Å². The normalized spacial score (nSPS) is 10.4. The average molecular weight is 248 g/mol. The van der Waals surface area contributed by atoms with E-state index in [0.29, 0.717) is 0 Å². The zero-order chi connectivity index (χ0) is 12.1. The topological polar surface area (TPSA) is 38.9 Å². The highest BCUT2D eigenvalue weighted by molar-refractivity contribution is 7.99. The first-order chi connectivity index (χ1) is 8.25. The van der Waals surface area contributed by atoms with Gasteiger partial charge in [0.15, 0.2) is 0 Å². The van der Waals surface area contributed by atoms with E-state index in [1.54, 1.807) is 24.0 Å². The summed E-state index contributed by atoms with van der Waals surface area (Å²) in [6.45, 7) is 0. The van der Waals surface area contributed by atoms with E-state index in [0.717, 1.165) is 17.1 Å². The predicted molar refractivity (Wildman–Crippen MR) is 69.5 cm³/mol. The van der Waals surface area contributed by atoms with Crippen molar-refractivity contribution in [2.75, 3.05) is 11.5 Å². The molecule has 1 aromatic carbocycles. The number of nitrogen functional groups attached to an aromatic ring is 1. The van der Waals surface area contributed by atoms with Crippen LogP contribution in [0.25, 0.3) is 0 Å². The fourth-order valence-electron chi connectivity index (χ4n) is 1.43. The first-order valence-electron chi connectivity index (χ1n) is 5.32. The molecule has 17 heavy (non-hydrogen) atoms. The molecule has 0 aliphatic carbocycles. The summed E-state index contributed by atoms with van der Waals surface area (Å²) in [5, 5.41) is 0. The van der Waals surface area contributed by atoms with Gasteiger partial charge < -0.3 is 5.73 Å². The fraction of sp³-hybridized carbons (Fsp3) is 0.154. The molecule has 88 valence electrons. The molecule has 0 atom stereocenters. The maximum absolute atomic E-state index is 13.2. The van der Waals surface area contributed by atoms with Gasteiger partial charge in [-0.3, -0.25) is 4.98 Å². The Morgan fingerprint density at radius 3 is 2.88 bits per heavy atom. The highest BCUT2D eigenvalue weighted by Gasteiger charge is 2.01. The van der Waals surface area contributed by atoms with Crippen molar-refractivity contribution in [1.29, 1.82) is 0 Å². The van der Waals surface area contributed by atoms with Crippen LogP contribution < -0.4 is 5.73 Å². The summed E-state index contributed by atoms with van der Waals surface area (Å²) >= 11 is 1.61. The minimum absolute atomic E-state index is 0.196. The number of hydrogen-bond acceptors (Lipinski definition) is 3. The van der Waals surface area contributed by atoms with Gasteiger partial charge in [0.2, 0.25) is 0 Å². The monoisotopic (exact) mass is 248 g/mol. The second-order valence-electron chi connectivity index (χ2n) is 3.64. The van der Waals surface area contributed by atoms with Crippen molar-refractivity contribution in [3.63, 3.8) is 0 Å². The summed E-state index contributed by atoms with van der Waals surface area (Å²) in [5.74, 6) is 0.547. The minimum atomic E-state index is -0.351. The molecule has 2 rings (SSSR count). The molecular formula is C13H13FN2S. The Bertz CT molecular complexity index is 488. The summed E-state index contributed by atoms with van der Waals surface area (Å²) < 4.78 is 13.2. The van der Waals surface area contributed by atoms with Gasteiger partial charge in [0, 0.05) is 23.0 Å². The summed E-state index contributed by atoms with van der Waals surface area (Å²) in [7, 11) is 0. The van der Waals surface area contributed by atoms with Crippen LogP contribution in [-0.2, 0) is 6.42 Å². The summed E-state index contributed by atoms with van der Waals surface area (Å²) in [6, 6.07) is 8.87. The zero-order valence-electron chi connectivity index (χ0n) is 9.27. The lowest BCUT2D eigenvalue weighted by molar-refractivity contribution is 0.629. The number of nitrogens with two attached hydrogens (primary N) is 1. The van der Waals surface area contributed by atoms with E-state index >= 15 is 0 Å². The molecule has 0 amide bonds. The van der Waals surface area contributed by atoms with Crippen molar-refractivity contribution in [3.8, 4) is 0 Å². The van der Waals surface area contributed by atoms with Gasteiger partial charge in [-0.05, 0) is 36.2 Å². The maximum atomic E-state index is 13.2. The molecule has 0 aliphatic heterocycles. The van der Waals surface area contributed by atoms with Gasteiger partial charge in [-0.1, -0.05) is 6.07 Å². The Hall–Kier alpha value is -1.55. The number of halogens is 1. The quantitative estimate of drug-likeness (QED) is 0.667. The molecule has 4 heteroatoms. The molecule has 1 aromatic heterocycles. The standard InChI is InChI=1S/C13H13FN2S/c14-12-8-11(3-4-13(12)15)17-7-5-10-2-1-6-16-9-10/h1-4,6,8-9H,5,7,15H2. The van der Waals surface area contributed by atoms with E-state index in [9.17, 15) is 4.39 Å². The van der Waals surface area contributed by atoms with Gasteiger partial charge in [0.25, 0.3) is 0 Å². The fourth-order valence-corrected chi connectivity index (χ4v) is 2.35. The van der Waals surface area contributed by atoms with Crippen LogP contribution in [0, 0.1) is 5.82 Å². The summed E-state index contributed by atoms with van der Waals surface area (Å²) in [6.07, 6.45) is 4.53. The van der Waals surface area contributed by atoms with Crippen LogP contribution in [0.2, 0.25) is 0 Å². The summed E-state index contributed by atoms with van der Waals surface area (Å²) in [4.78, 5) is 4.95. The first kappa shape index (κ1) is 11.9. The molecule has 2 nitrogen and oxygen atoms in total. The Balaban J connectivity index is 1.88. The van der Waals surface area contributed by atoms with E-state index < -0.39 is 0 Å². The van der Waals surface area contributed by atoms with E-state index in [1.165, 1.54) is 11.6 Å². The second-order valence-corrected chi connectivity index (χ2v) is 4.81. The number of aryl methyl sites for hydroxylation is 1. The Morgan fingerprint density at radius 1 is 1.29 bits per heavy atom. The van der Waals surface area contributed by atoms with Crippen LogP contribution in [0.15, 0.2) is 47.6 Å². The Labute approximate surface area is 104 Å². The van der Waals surface area contributed by atoms with Crippen molar-refractivity contribution in [1.82, 2.24) is 4.98 Å². The summed E-state index contributed by atoms with van der Waals surface area (Å²) in [5.41, 5.74) is 6.80. The molecule has 2 aromatic rings. The number of aromatic nitrogens is 1. The van der Waals surface area contributed by atoms with Gasteiger partial charge in [-0.25, -0.2) is 4.39 Å². The molecule has 0 fully saturated rings. The lowest BCUT2D eigenvalue weighted by Gasteiger charge is -2.03. The SMILES string of the molecule is Nc1ccc(SCCc2cccnc2)cc1F. The van der Waals surface area contributed by atoms with Crippen LogP contribution in [0.3, 0.4) is 0 Å². The molecule has 0 saturated heterocycles. The van der Waals surface area contributed by atoms with Crippen LogP contribution in [0.5, 0.6) is 0 Å². The van der Waals surface area contributed by atoms with Crippen molar-refractivity contribution in [2.45, 2.75) is 11.3 Å². The predicted octanol–water partition coefficient (Wildman–Crippen LogP) is 3.14. The highest BCUT2D eigenvalue weighted by atomic mass is 32.2. The third kappa shape index (κ3) is 3.46. The lowest BCUT2D eigenvalue weighted by Crippen LogP contribution is -1.92. The number of benzene rings is 1. The molecule has 0 spiro atoms. The number of thioether (sulfide) groups is 1. The average Bonchev–Trinajstić information content (AvgIpc) is 2.35. The molecule has 0 bridgehead atoms. The number of rotatable bonds is 4. The molecule has 0 unspecified atom stereocenters. The van der Waals surface area contributed by atoms with Crippen LogP contribution in [-0.4, -0.2) is 10.7 Å². The molecule has 0 radical (unpaired) electrons. The number of pyridine rings is 1. The first-order valence-corrected chi connectivity index (χ1v) is 6.31. The van der Waals surface area contributed by atoms with Crippen LogP contribution in [0.1, 0.15) is 5.56 Å². The number of hydrogen-bond donors (Lipinski definition) is 1. The van der Waals surface area contributed by atoms with Crippen molar-refractivity contribution in [2.24, 2.45) is 0 Å². The third-order valence-electron chi connectivity index (χ3n) is 2.35. The molecule has 0 aliphatic rings. The smallest absolute Gasteiger partial charge is 0.147 e. The molecule has 2 N–H and O–H groups in total. The van der Waals surface area contributed by atoms with E-state index in [2.05, 4.69) is 4.98 Å². The Morgan fingerprint density at radius 2 is 2.18 bits per heavy atom. The highest BCUT2D eigenvalue weighted by Crippen LogP contribution is 2.22. The largest absolute Gasteiger partial charge is 0.396 e. The number of anilines is 1. The van der Waals surface area contributed by atoms with Crippen LogP contribution in [0.4, 0.5) is 10.1 Å². The Kier molecular flexibility index (Phi) is 3.98. The van der Waals surface area contributed by atoms with Gasteiger partial charge in [-0.2, -0.15) is 0 Å². The van der Waals surface area contributed by atoms with Crippen molar-refractivity contribution >= 4 is 17.4 Å². The van der Waals surface area contributed by atoms with E-state index in [-0.39, 0.29) is 11.5 Å². The van der Waals surface area contributed by atoms with Gasteiger partial charge >= 0.3 is 0 Å². The van der Waals surface area contributed by atoms with Gasteiger partial charge in [-0.15, -0.1) is 11.8 Å². The zero-order valence-corrected chi connectivity index (χ0v) is 10.1. The molecule has 0 saturated carbocycles. The van der Waals surface area contributed by atoms with E-state index in [1.807, 2.05) is 24.4 Å². The van der Waals surface area contributed by atoms with Gasteiger partial charge in [0.1, 0.15) is 5.82 Å². The third-order valence-corrected chi connectivity index (χ3v) is 3.35. The lowest BCUT2D eigenvalue weighted by atomic mass is 10.2. The van der Waals surface area contributed by atoms with Crippen molar-refractivity contribution in [3.05, 3.63) is 54.1 Å².